The monoisotopic (exact) mass is 320 g/mol. The molecule has 0 amide bonds. The van der Waals surface area contributed by atoms with E-state index in [2.05, 4.69) is 9.97 Å². The molecule has 0 saturated carbocycles. The maximum atomic E-state index is 5.84. The topological polar surface area (TPSA) is 52.1 Å². The van der Waals surface area contributed by atoms with Crippen LogP contribution in [0.25, 0.3) is 22.2 Å². The van der Waals surface area contributed by atoms with Crippen molar-refractivity contribution in [2.75, 3.05) is 0 Å². The molecule has 0 bridgehead atoms. The first-order valence-electron chi connectivity index (χ1n) is 6.13. The van der Waals surface area contributed by atoms with Crippen molar-refractivity contribution >= 4 is 45.4 Å². The molecule has 0 saturated heterocycles. The van der Waals surface area contributed by atoms with Gasteiger partial charge in [0.15, 0.2) is 11.2 Å². The summed E-state index contributed by atoms with van der Waals surface area (Å²) in [5.74, 6) is 0.834. The van der Waals surface area contributed by atoms with Crippen LogP contribution in [0.1, 0.15) is 5.76 Å². The van der Waals surface area contributed by atoms with E-state index in [1.807, 2.05) is 13.0 Å². The van der Waals surface area contributed by atoms with Crippen molar-refractivity contribution in [3.8, 4) is 0 Å². The van der Waals surface area contributed by atoms with Gasteiger partial charge in [-0.25, -0.2) is 0 Å². The fraction of sp³-hybridized carbons (Fsp3) is 0.0667. The summed E-state index contributed by atoms with van der Waals surface area (Å²) in [6.45, 7) is 1.87. The van der Waals surface area contributed by atoms with Gasteiger partial charge in [-0.1, -0.05) is 23.2 Å². The number of pyridine rings is 2. The molecular weight excluding hydrogens is 311 g/mol. The van der Waals surface area contributed by atoms with Crippen LogP contribution in [0.15, 0.2) is 51.8 Å². The molecule has 0 aromatic carbocycles. The second-order valence-electron chi connectivity index (χ2n) is 4.29. The Balaban J connectivity index is 0.000000126. The van der Waals surface area contributed by atoms with Gasteiger partial charge < -0.3 is 8.83 Å². The molecule has 0 radical (unpaired) electrons. The van der Waals surface area contributed by atoms with Crippen LogP contribution in [-0.2, 0) is 0 Å². The molecule has 6 heteroatoms. The Kier molecular flexibility index (Phi) is 3.82. The first kappa shape index (κ1) is 13.9. The molecule has 21 heavy (non-hydrogen) atoms. The predicted octanol–water partition coefficient (Wildman–Crippen LogP) is 5.27. The van der Waals surface area contributed by atoms with E-state index in [0.29, 0.717) is 21.2 Å². The van der Waals surface area contributed by atoms with Crippen LogP contribution in [0.4, 0.5) is 0 Å². The summed E-state index contributed by atoms with van der Waals surface area (Å²) < 4.78 is 10.4. The summed E-state index contributed by atoms with van der Waals surface area (Å²) in [5, 5.41) is 1.22. The molecular formula is C15H10Cl2N2O2. The van der Waals surface area contributed by atoms with Crippen molar-refractivity contribution in [3.63, 3.8) is 0 Å². The SMILES string of the molecule is Cc1cc2nccc(Cl)c2o1.Clc1ccnc2ccoc12. The van der Waals surface area contributed by atoms with Crippen LogP contribution >= 0.6 is 23.2 Å². The fourth-order valence-corrected chi connectivity index (χ4v) is 2.26. The average Bonchev–Trinajstić information content (AvgIpc) is 3.06. The van der Waals surface area contributed by atoms with Crippen LogP contribution in [0.2, 0.25) is 10.0 Å². The minimum atomic E-state index is 0.606. The molecule has 0 spiro atoms. The quantitative estimate of drug-likeness (QED) is 0.443. The Labute approximate surface area is 130 Å². The zero-order chi connectivity index (χ0) is 14.8. The molecule has 0 aliphatic rings. The van der Waals surface area contributed by atoms with Gasteiger partial charge in [-0.05, 0) is 19.1 Å². The maximum absolute atomic E-state index is 5.84. The van der Waals surface area contributed by atoms with E-state index in [0.717, 1.165) is 16.8 Å². The van der Waals surface area contributed by atoms with Crippen molar-refractivity contribution in [3.05, 3.63) is 58.7 Å². The second-order valence-corrected chi connectivity index (χ2v) is 5.11. The highest BCUT2D eigenvalue weighted by atomic mass is 35.5. The van der Waals surface area contributed by atoms with Crippen LogP contribution < -0.4 is 0 Å². The van der Waals surface area contributed by atoms with Crippen molar-refractivity contribution in [2.45, 2.75) is 6.92 Å². The number of aromatic nitrogens is 2. The molecule has 0 unspecified atom stereocenters. The van der Waals surface area contributed by atoms with E-state index >= 15 is 0 Å². The molecule has 4 aromatic heterocycles. The molecule has 4 aromatic rings. The highest BCUT2D eigenvalue weighted by Gasteiger charge is 2.03. The van der Waals surface area contributed by atoms with Gasteiger partial charge >= 0.3 is 0 Å². The van der Waals surface area contributed by atoms with Crippen molar-refractivity contribution in [1.29, 1.82) is 0 Å². The summed E-state index contributed by atoms with van der Waals surface area (Å²) >= 11 is 11.6. The van der Waals surface area contributed by atoms with Gasteiger partial charge in [-0.15, -0.1) is 0 Å². The van der Waals surface area contributed by atoms with Crippen LogP contribution in [0.5, 0.6) is 0 Å². The van der Waals surface area contributed by atoms with Gasteiger partial charge in [-0.3, -0.25) is 9.97 Å². The molecule has 0 aliphatic heterocycles. The van der Waals surface area contributed by atoms with E-state index in [-0.39, 0.29) is 0 Å². The van der Waals surface area contributed by atoms with Gasteiger partial charge in [0.25, 0.3) is 0 Å². The molecule has 4 heterocycles. The highest BCUT2D eigenvalue weighted by Crippen LogP contribution is 2.24. The Morgan fingerprint density at radius 3 is 2.24 bits per heavy atom. The third-order valence-electron chi connectivity index (χ3n) is 2.78. The molecule has 0 N–H and O–H groups in total. The third-order valence-corrected chi connectivity index (χ3v) is 3.38. The van der Waals surface area contributed by atoms with E-state index in [4.69, 9.17) is 32.0 Å². The van der Waals surface area contributed by atoms with Crippen LogP contribution in [0.3, 0.4) is 0 Å². The minimum Gasteiger partial charge on any atom is -0.461 e. The number of halogens is 2. The summed E-state index contributed by atoms with van der Waals surface area (Å²) in [7, 11) is 0. The zero-order valence-electron chi connectivity index (χ0n) is 11.0. The number of aryl methyl sites for hydroxylation is 1. The lowest BCUT2D eigenvalue weighted by molar-refractivity contribution is 0.578. The summed E-state index contributed by atoms with van der Waals surface area (Å²) in [6, 6.07) is 7.06. The van der Waals surface area contributed by atoms with E-state index in [9.17, 15) is 0 Å². The molecule has 0 atom stereocenters. The summed E-state index contributed by atoms with van der Waals surface area (Å²) in [5.41, 5.74) is 2.94. The van der Waals surface area contributed by atoms with E-state index in [1.54, 1.807) is 36.9 Å². The van der Waals surface area contributed by atoms with Crippen molar-refractivity contribution < 1.29 is 8.83 Å². The van der Waals surface area contributed by atoms with Gasteiger partial charge in [0.1, 0.15) is 16.8 Å². The number of nitrogens with zero attached hydrogens (tertiary/aromatic N) is 2. The van der Waals surface area contributed by atoms with E-state index in [1.165, 1.54) is 0 Å². The van der Waals surface area contributed by atoms with Gasteiger partial charge in [0.2, 0.25) is 0 Å². The normalized spacial score (nSPS) is 10.6. The minimum absolute atomic E-state index is 0.606. The smallest absolute Gasteiger partial charge is 0.171 e. The molecule has 106 valence electrons. The van der Waals surface area contributed by atoms with E-state index < -0.39 is 0 Å². The van der Waals surface area contributed by atoms with Crippen molar-refractivity contribution in [2.24, 2.45) is 0 Å². The number of hydrogen-bond donors (Lipinski definition) is 0. The summed E-state index contributed by atoms with van der Waals surface area (Å²) in [4.78, 5) is 8.11. The Morgan fingerprint density at radius 2 is 1.57 bits per heavy atom. The Morgan fingerprint density at radius 1 is 0.905 bits per heavy atom. The lowest BCUT2D eigenvalue weighted by Crippen LogP contribution is -1.70. The maximum Gasteiger partial charge on any atom is 0.171 e. The Hall–Kier alpha value is -2.04. The fourth-order valence-electron chi connectivity index (χ4n) is 1.87. The molecule has 4 rings (SSSR count). The van der Waals surface area contributed by atoms with Crippen LogP contribution in [-0.4, -0.2) is 9.97 Å². The van der Waals surface area contributed by atoms with Gasteiger partial charge in [0, 0.05) is 24.5 Å². The lowest BCUT2D eigenvalue weighted by Gasteiger charge is -1.88. The third kappa shape index (κ3) is 2.86. The van der Waals surface area contributed by atoms with Crippen LogP contribution in [0, 0.1) is 6.92 Å². The standard InChI is InChI=1S/C8H6ClNO.C7H4ClNO/c1-5-4-7-8(11-5)6(9)2-3-10-7;8-5-1-3-9-6-2-4-10-7(5)6/h2-4H,1H3;1-4H. The number of hydrogen-bond acceptors (Lipinski definition) is 4. The summed E-state index contributed by atoms with van der Waals surface area (Å²) in [6.07, 6.45) is 4.89. The average molecular weight is 321 g/mol. The second kappa shape index (κ2) is 5.76. The highest BCUT2D eigenvalue weighted by molar-refractivity contribution is 6.34. The van der Waals surface area contributed by atoms with Gasteiger partial charge in [-0.2, -0.15) is 0 Å². The largest absolute Gasteiger partial charge is 0.461 e. The van der Waals surface area contributed by atoms with Crippen molar-refractivity contribution in [1.82, 2.24) is 9.97 Å². The number of fused-ring (bicyclic) bond motifs is 2. The lowest BCUT2D eigenvalue weighted by atomic mass is 10.4. The molecule has 0 fully saturated rings. The van der Waals surface area contributed by atoms with Gasteiger partial charge in [0.05, 0.1) is 16.3 Å². The predicted molar refractivity (Wildman–Crippen MR) is 82.8 cm³/mol. The number of rotatable bonds is 0. The molecule has 0 aliphatic carbocycles. The first-order valence-corrected chi connectivity index (χ1v) is 6.89. The number of furan rings is 2. The zero-order valence-corrected chi connectivity index (χ0v) is 12.5. The molecule has 4 nitrogen and oxygen atoms in total. The Bertz CT molecular complexity index is 899. The first-order chi connectivity index (χ1) is 10.1.